The molecular weight excluding hydrogens is 159 g/mol. The first kappa shape index (κ1) is 13.9. The van der Waals surface area contributed by atoms with E-state index in [9.17, 15) is 4.79 Å². The van der Waals surface area contributed by atoms with Gasteiger partial charge in [-0.1, -0.05) is 0 Å². The van der Waals surface area contributed by atoms with Gasteiger partial charge in [0.05, 0.1) is 0 Å². The van der Waals surface area contributed by atoms with E-state index < -0.39 is 12.3 Å². The van der Waals surface area contributed by atoms with Crippen molar-refractivity contribution in [1.82, 2.24) is 0 Å². The Morgan fingerprint density at radius 2 is 1.73 bits per heavy atom. The molecule has 0 saturated carbocycles. The minimum Gasteiger partial charge on any atom is -0.477 e. The average molecular weight is 171 g/mol. The van der Waals surface area contributed by atoms with Crippen LogP contribution < -0.4 is 0 Å². The Bertz CT molecular complexity index is 101. The third-order valence-electron chi connectivity index (χ3n) is 0.838. The van der Waals surface area contributed by atoms with E-state index in [1.807, 2.05) is 0 Å². The summed E-state index contributed by atoms with van der Waals surface area (Å²) in [6.45, 7) is 4.12. The molecule has 0 aliphatic heterocycles. The molecule has 0 unspecified atom stereocenters. The zero-order chi connectivity index (χ0) is 7.98. The van der Waals surface area contributed by atoms with Gasteiger partial charge in [0.15, 0.2) is 0 Å². The molecule has 1 N–H and O–H groups in total. The molecule has 61 valence electrons. The molecule has 0 aromatic heterocycles. The Morgan fingerprint density at radius 1 is 1.36 bits per heavy atom. The minimum atomic E-state index is -1.10. The van der Waals surface area contributed by atoms with Crippen LogP contribution in [0.5, 0.6) is 0 Å². The third kappa shape index (κ3) is 6.77. The topological polar surface area (TPSA) is 55.8 Å². The van der Waals surface area contributed by atoms with E-state index in [0.29, 0.717) is 13.2 Å². The van der Waals surface area contributed by atoms with Gasteiger partial charge in [0.25, 0.3) is 6.29 Å². The molecule has 0 amide bonds. The smallest absolute Gasteiger partial charge is 0.361 e. The van der Waals surface area contributed by atoms with E-state index in [1.54, 1.807) is 13.8 Å². The van der Waals surface area contributed by atoms with Crippen LogP contribution in [-0.4, -0.2) is 60.1 Å². The fourth-order valence-corrected chi connectivity index (χ4v) is 0.493. The summed E-state index contributed by atoms with van der Waals surface area (Å²) in [5.41, 5.74) is 0. The van der Waals surface area contributed by atoms with Crippen LogP contribution >= 0.6 is 0 Å². The molecule has 0 atom stereocenters. The van der Waals surface area contributed by atoms with Gasteiger partial charge in [0.1, 0.15) is 0 Å². The van der Waals surface area contributed by atoms with Crippen molar-refractivity contribution in [3.63, 3.8) is 0 Å². The van der Waals surface area contributed by atoms with Gasteiger partial charge in [-0.3, -0.25) is 0 Å². The molecule has 0 aliphatic carbocycles. The summed E-state index contributed by atoms with van der Waals surface area (Å²) in [6, 6.07) is 0. The van der Waals surface area contributed by atoms with Gasteiger partial charge < -0.3 is 14.6 Å². The normalized spacial score (nSPS) is 9.36. The van der Waals surface area contributed by atoms with Crippen molar-refractivity contribution in [1.29, 1.82) is 0 Å². The molecule has 11 heavy (non-hydrogen) atoms. The fourth-order valence-electron chi connectivity index (χ4n) is 0.493. The molecule has 0 heterocycles. The molecule has 0 bridgehead atoms. The van der Waals surface area contributed by atoms with Crippen molar-refractivity contribution < 1.29 is 19.4 Å². The SMILES string of the molecule is CCOC(OCC)C(=O)O.[Na]. The van der Waals surface area contributed by atoms with Crippen molar-refractivity contribution in [2.45, 2.75) is 20.1 Å². The van der Waals surface area contributed by atoms with Crippen LogP contribution in [-0.2, 0) is 14.3 Å². The summed E-state index contributed by atoms with van der Waals surface area (Å²) >= 11 is 0. The van der Waals surface area contributed by atoms with Crippen LogP contribution in [0.3, 0.4) is 0 Å². The van der Waals surface area contributed by atoms with Crippen molar-refractivity contribution >= 4 is 35.5 Å². The summed E-state index contributed by atoms with van der Waals surface area (Å²) in [7, 11) is 0. The van der Waals surface area contributed by atoms with E-state index >= 15 is 0 Å². The summed E-state index contributed by atoms with van der Waals surface area (Å²) in [5, 5.41) is 8.39. The van der Waals surface area contributed by atoms with E-state index in [-0.39, 0.29) is 29.6 Å². The summed E-state index contributed by atoms with van der Waals surface area (Å²) in [6.07, 6.45) is -1.10. The average Bonchev–Trinajstić information content (AvgIpc) is 1.87. The molecule has 4 nitrogen and oxygen atoms in total. The molecule has 0 aromatic rings. The van der Waals surface area contributed by atoms with E-state index in [2.05, 4.69) is 0 Å². The Morgan fingerprint density at radius 3 is 1.91 bits per heavy atom. The molecule has 0 saturated heterocycles. The van der Waals surface area contributed by atoms with Crippen LogP contribution in [0.2, 0.25) is 0 Å². The van der Waals surface area contributed by atoms with E-state index in [4.69, 9.17) is 14.6 Å². The third-order valence-corrected chi connectivity index (χ3v) is 0.838. The second-order valence-electron chi connectivity index (χ2n) is 1.58. The van der Waals surface area contributed by atoms with Crippen molar-refractivity contribution in [3.05, 3.63) is 0 Å². The Kier molecular flexibility index (Phi) is 10.8. The van der Waals surface area contributed by atoms with Gasteiger partial charge in [-0.2, -0.15) is 0 Å². The molecule has 0 fully saturated rings. The first-order valence-electron chi connectivity index (χ1n) is 3.18. The minimum absolute atomic E-state index is 0. The zero-order valence-electron chi connectivity index (χ0n) is 7.16. The van der Waals surface area contributed by atoms with E-state index in [0.717, 1.165) is 0 Å². The standard InChI is InChI=1S/C6H12O4.Na/c1-3-9-6(5(7)8)10-4-2;/h6H,3-4H2,1-2H3,(H,7,8);. The molecule has 5 heteroatoms. The monoisotopic (exact) mass is 171 g/mol. The van der Waals surface area contributed by atoms with Crippen LogP contribution in [0.25, 0.3) is 0 Å². The summed E-state index contributed by atoms with van der Waals surface area (Å²) < 4.78 is 9.44. The second kappa shape index (κ2) is 8.49. The number of hydrogen-bond acceptors (Lipinski definition) is 3. The van der Waals surface area contributed by atoms with Gasteiger partial charge in [-0.05, 0) is 13.8 Å². The molecular formula is C6H12NaO4. The number of carbonyl (C=O) groups is 1. The zero-order valence-corrected chi connectivity index (χ0v) is 9.16. The van der Waals surface area contributed by atoms with Gasteiger partial charge >= 0.3 is 5.97 Å². The van der Waals surface area contributed by atoms with Crippen molar-refractivity contribution in [2.75, 3.05) is 13.2 Å². The number of aliphatic carboxylic acids is 1. The predicted molar refractivity (Wildman–Crippen MR) is 40.4 cm³/mol. The Balaban J connectivity index is 0. The van der Waals surface area contributed by atoms with Crippen LogP contribution in [0.1, 0.15) is 13.8 Å². The van der Waals surface area contributed by atoms with Crippen LogP contribution in [0, 0.1) is 0 Å². The number of carboxylic acids is 1. The number of rotatable bonds is 5. The molecule has 1 radical (unpaired) electrons. The fraction of sp³-hybridized carbons (Fsp3) is 0.833. The largest absolute Gasteiger partial charge is 0.477 e. The maximum Gasteiger partial charge on any atom is 0.361 e. The maximum absolute atomic E-state index is 10.2. The first-order chi connectivity index (χ1) is 4.72. The van der Waals surface area contributed by atoms with Crippen LogP contribution in [0.4, 0.5) is 0 Å². The summed E-state index contributed by atoms with van der Waals surface area (Å²) in [4.78, 5) is 10.2. The Labute approximate surface area is 88.2 Å². The van der Waals surface area contributed by atoms with E-state index in [1.165, 1.54) is 0 Å². The van der Waals surface area contributed by atoms with Crippen molar-refractivity contribution in [3.8, 4) is 0 Å². The number of carboxylic acid groups (broad SMARTS) is 1. The first-order valence-corrected chi connectivity index (χ1v) is 3.18. The molecule has 0 aliphatic rings. The predicted octanol–water partition coefficient (Wildman–Crippen LogP) is 0.0893. The number of ether oxygens (including phenoxy) is 2. The van der Waals surface area contributed by atoms with Gasteiger partial charge in [0, 0.05) is 42.8 Å². The second-order valence-corrected chi connectivity index (χ2v) is 1.58. The number of hydrogen-bond donors (Lipinski definition) is 1. The summed E-state index contributed by atoms with van der Waals surface area (Å²) in [5.74, 6) is -1.08. The van der Waals surface area contributed by atoms with Gasteiger partial charge in [-0.25, -0.2) is 4.79 Å². The Hall–Kier alpha value is 0.390. The molecule has 0 spiro atoms. The molecule has 0 aromatic carbocycles. The van der Waals surface area contributed by atoms with Crippen molar-refractivity contribution in [2.24, 2.45) is 0 Å². The quantitative estimate of drug-likeness (QED) is 0.470. The molecule has 0 rings (SSSR count). The van der Waals surface area contributed by atoms with Gasteiger partial charge in [-0.15, -0.1) is 0 Å². The van der Waals surface area contributed by atoms with Gasteiger partial charge in [0.2, 0.25) is 0 Å². The maximum atomic E-state index is 10.2. The van der Waals surface area contributed by atoms with Crippen LogP contribution in [0.15, 0.2) is 0 Å².